The van der Waals surface area contributed by atoms with Gasteiger partial charge in [0.05, 0.1) is 0 Å². The Bertz CT molecular complexity index is 263. The molecule has 1 N–H and O–H groups in total. The van der Waals surface area contributed by atoms with Gasteiger partial charge in [0.25, 0.3) is 0 Å². The molecule has 3 nitrogen and oxygen atoms in total. The topological polar surface area (TPSA) is 18.5 Å². The van der Waals surface area contributed by atoms with Crippen molar-refractivity contribution in [2.75, 3.05) is 45.8 Å². The van der Waals surface area contributed by atoms with Crippen LogP contribution in [0.1, 0.15) is 52.9 Å². The molecule has 0 aromatic rings. The van der Waals surface area contributed by atoms with Crippen LogP contribution >= 0.6 is 0 Å². The number of hydrogen-bond acceptors (Lipinski definition) is 3. The molecule has 3 heteroatoms. The van der Waals surface area contributed by atoms with E-state index < -0.39 is 0 Å². The minimum absolute atomic E-state index is 0.483. The maximum Gasteiger partial charge on any atom is 0.0113 e. The summed E-state index contributed by atoms with van der Waals surface area (Å²) in [5.41, 5.74) is 0.483. The molecular weight excluding hydrogens is 246 g/mol. The Morgan fingerprint density at radius 1 is 1.00 bits per heavy atom. The van der Waals surface area contributed by atoms with Gasteiger partial charge in [0.2, 0.25) is 0 Å². The zero-order valence-corrected chi connectivity index (χ0v) is 14.0. The molecule has 0 unspecified atom stereocenters. The van der Waals surface area contributed by atoms with Gasteiger partial charge in [-0.15, -0.1) is 0 Å². The summed E-state index contributed by atoms with van der Waals surface area (Å²) < 4.78 is 0. The number of rotatable bonds is 9. The van der Waals surface area contributed by atoms with Gasteiger partial charge in [0.15, 0.2) is 0 Å². The molecule has 1 heterocycles. The van der Waals surface area contributed by atoms with Gasteiger partial charge in [-0.2, -0.15) is 0 Å². The van der Waals surface area contributed by atoms with Crippen LogP contribution in [0, 0.1) is 5.41 Å². The maximum atomic E-state index is 3.67. The van der Waals surface area contributed by atoms with E-state index in [1.807, 2.05) is 0 Å². The summed E-state index contributed by atoms with van der Waals surface area (Å²) in [6.45, 7) is 15.8. The van der Waals surface area contributed by atoms with E-state index in [2.05, 4.69) is 35.9 Å². The zero-order valence-electron chi connectivity index (χ0n) is 14.0. The van der Waals surface area contributed by atoms with Crippen molar-refractivity contribution >= 4 is 0 Å². The highest BCUT2D eigenvalue weighted by Crippen LogP contribution is 2.30. The predicted molar refractivity (Wildman–Crippen MR) is 87.2 cm³/mol. The van der Waals surface area contributed by atoms with Crippen LogP contribution in [0.15, 0.2) is 0 Å². The fraction of sp³-hybridized carbons (Fsp3) is 1.00. The molecule has 0 bridgehead atoms. The van der Waals surface area contributed by atoms with Crippen LogP contribution in [0.3, 0.4) is 0 Å². The molecule has 2 aliphatic rings. The van der Waals surface area contributed by atoms with Crippen molar-refractivity contribution in [3.05, 3.63) is 0 Å². The minimum atomic E-state index is 0.483. The molecule has 2 fully saturated rings. The van der Waals surface area contributed by atoms with Crippen molar-refractivity contribution in [1.82, 2.24) is 15.1 Å². The SMILES string of the molecule is CCCNCC(CC)(CC)CN1CCN(C2CC2)CC1. The number of nitrogens with one attached hydrogen (secondary N) is 1. The Labute approximate surface area is 126 Å². The van der Waals surface area contributed by atoms with E-state index in [1.54, 1.807) is 0 Å². The van der Waals surface area contributed by atoms with Crippen LogP contribution in [-0.4, -0.2) is 61.7 Å². The van der Waals surface area contributed by atoms with Crippen LogP contribution < -0.4 is 5.32 Å². The molecule has 1 saturated carbocycles. The minimum Gasteiger partial charge on any atom is -0.316 e. The first-order valence-electron chi connectivity index (χ1n) is 8.90. The lowest BCUT2D eigenvalue weighted by Gasteiger charge is -2.41. The average Bonchev–Trinajstić information content (AvgIpc) is 3.32. The number of hydrogen-bond donors (Lipinski definition) is 1. The van der Waals surface area contributed by atoms with Gasteiger partial charge in [-0.05, 0) is 44.1 Å². The monoisotopic (exact) mass is 281 g/mol. The van der Waals surface area contributed by atoms with Gasteiger partial charge in [-0.1, -0.05) is 20.8 Å². The largest absolute Gasteiger partial charge is 0.316 e. The Hall–Kier alpha value is -0.120. The Balaban J connectivity index is 1.78. The Morgan fingerprint density at radius 2 is 1.65 bits per heavy atom. The molecule has 20 heavy (non-hydrogen) atoms. The van der Waals surface area contributed by atoms with E-state index in [9.17, 15) is 0 Å². The summed E-state index contributed by atoms with van der Waals surface area (Å²) in [6, 6.07) is 0.950. The molecular formula is C17H35N3. The standard InChI is InChI=1S/C17H35N3/c1-4-9-18-14-17(5-2,6-3)15-19-10-12-20(13-11-19)16-7-8-16/h16,18H,4-15H2,1-3H3. The summed E-state index contributed by atoms with van der Waals surface area (Å²) in [5, 5.41) is 3.67. The number of nitrogens with zero attached hydrogens (tertiary/aromatic N) is 2. The molecule has 0 spiro atoms. The Kier molecular flexibility index (Phi) is 6.31. The molecule has 1 aliphatic carbocycles. The average molecular weight is 281 g/mol. The third-order valence-electron chi connectivity index (χ3n) is 5.46. The van der Waals surface area contributed by atoms with Crippen LogP contribution in [0.4, 0.5) is 0 Å². The van der Waals surface area contributed by atoms with E-state index in [0.29, 0.717) is 5.41 Å². The lowest BCUT2D eigenvalue weighted by atomic mass is 9.81. The molecule has 0 atom stereocenters. The molecule has 1 saturated heterocycles. The maximum absolute atomic E-state index is 3.67. The van der Waals surface area contributed by atoms with Crippen molar-refractivity contribution in [1.29, 1.82) is 0 Å². The molecule has 118 valence electrons. The van der Waals surface area contributed by atoms with Crippen molar-refractivity contribution in [3.63, 3.8) is 0 Å². The summed E-state index contributed by atoms with van der Waals surface area (Å²) in [7, 11) is 0. The van der Waals surface area contributed by atoms with E-state index in [0.717, 1.165) is 12.6 Å². The highest BCUT2D eigenvalue weighted by atomic mass is 15.3. The summed E-state index contributed by atoms with van der Waals surface area (Å²) in [6.07, 6.45) is 6.74. The third-order valence-corrected chi connectivity index (χ3v) is 5.46. The lowest BCUT2D eigenvalue weighted by molar-refractivity contribution is 0.0751. The summed E-state index contributed by atoms with van der Waals surface area (Å²) in [5.74, 6) is 0. The van der Waals surface area contributed by atoms with Gasteiger partial charge in [-0.25, -0.2) is 0 Å². The highest BCUT2D eigenvalue weighted by Gasteiger charge is 2.34. The second kappa shape index (κ2) is 7.77. The van der Waals surface area contributed by atoms with E-state index in [4.69, 9.17) is 0 Å². The second-order valence-electron chi connectivity index (χ2n) is 6.93. The molecule has 1 aliphatic heterocycles. The van der Waals surface area contributed by atoms with E-state index >= 15 is 0 Å². The fourth-order valence-corrected chi connectivity index (χ4v) is 3.51. The van der Waals surface area contributed by atoms with E-state index in [-0.39, 0.29) is 0 Å². The smallest absolute Gasteiger partial charge is 0.0113 e. The lowest BCUT2D eigenvalue weighted by Crippen LogP contribution is -2.52. The third kappa shape index (κ3) is 4.44. The van der Waals surface area contributed by atoms with Crippen molar-refractivity contribution in [2.24, 2.45) is 5.41 Å². The molecule has 2 rings (SSSR count). The van der Waals surface area contributed by atoms with E-state index in [1.165, 1.54) is 71.4 Å². The van der Waals surface area contributed by atoms with Gasteiger partial charge in [0, 0.05) is 45.3 Å². The second-order valence-corrected chi connectivity index (χ2v) is 6.93. The van der Waals surface area contributed by atoms with Crippen molar-refractivity contribution in [2.45, 2.75) is 58.9 Å². The number of piperazine rings is 1. The van der Waals surface area contributed by atoms with Gasteiger partial charge < -0.3 is 10.2 Å². The highest BCUT2D eigenvalue weighted by molar-refractivity contribution is 4.90. The molecule has 0 aromatic heterocycles. The fourth-order valence-electron chi connectivity index (χ4n) is 3.51. The van der Waals surface area contributed by atoms with Crippen molar-refractivity contribution in [3.8, 4) is 0 Å². The van der Waals surface area contributed by atoms with Gasteiger partial charge >= 0.3 is 0 Å². The molecule has 0 aromatic carbocycles. The summed E-state index contributed by atoms with van der Waals surface area (Å²) in [4.78, 5) is 5.44. The Morgan fingerprint density at radius 3 is 2.15 bits per heavy atom. The zero-order chi connectivity index (χ0) is 14.4. The first-order valence-corrected chi connectivity index (χ1v) is 8.90. The van der Waals surface area contributed by atoms with Gasteiger partial charge in [0.1, 0.15) is 0 Å². The normalized spacial score (nSPS) is 22.4. The quantitative estimate of drug-likeness (QED) is 0.655. The molecule has 0 amide bonds. The predicted octanol–water partition coefficient (Wildman–Crippen LogP) is 2.57. The van der Waals surface area contributed by atoms with Crippen LogP contribution in [0.2, 0.25) is 0 Å². The summed E-state index contributed by atoms with van der Waals surface area (Å²) >= 11 is 0. The van der Waals surface area contributed by atoms with Crippen molar-refractivity contribution < 1.29 is 0 Å². The molecule has 0 radical (unpaired) electrons. The first kappa shape index (κ1) is 16.3. The van der Waals surface area contributed by atoms with Gasteiger partial charge in [-0.3, -0.25) is 4.90 Å². The van der Waals surface area contributed by atoms with Crippen LogP contribution in [0.25, 0.3) is 0 Å². The van der Waals surface area contributed by atoms with Crippen LogP contribution in [0.5, 0.6) is 0 Å². The van der Waals surface area contributed by atoms with Crippen LogP contribution in [-0.2, 0) is 0 Å². The first-order chi connectivity index (χ1) is 9.73.